The van der Waals surface area contributed by atoms with Gasteiger partial charge in [-0.25, -0.2) is 4.79 Å². The largest absolute Gasteiger partial charge is 0.456 e. The Morgan fingerprint density at radius 1 is 1.31 bits per heavy atom. The molecule has 3 amide bonds. The van der Waals surface area contributed by atoms with Crippen molar-refractivity contribution in [3.8, 4) is 0 Å². The van der Waals surface area contributed by atoms with Gasteiger partial charge in [0.1, 0.15) is 12.1 Å². The second-order valence-electron chi connectivity index (χ2n) is 6.51. The lowest BCUT2D eigenvalue weighted by atomic mass is 9.96. The molecule has 7 nitrogen and oxygen atoms in total. The van der Waals surface area contributed by atoms with Gasteiger partial charge < -0.3 is 10.1 Å². The van der Waals surface area contributed by atoms with E-state index in [4.69, 9.17) is 27.9 Å². The second-order valence-corrected chi connectivity index (χ2v) is 7.35. The van der Waals surface area contributed by atoms with Gasteiger partial charge in [0.05, 0.1) is 5.02 Å². The van der Waals surface area contributed by atoms with Crippen LogP contribution < -0.4 is 5.32 Å². The van der Waals surface area contributed by atoms with Crippen molar-refractivity contribution in [2.24, 2.45) is 5.92 Å². The summed E-state index contributed by atoms with van der Waals surface area (Å²) in [6, 6.07) is 3.70. The number of ketones is 1. The average molecular weight is 399 g/mol. The van der Waals surface area contributed by atoms with Crippen molar-refractivity contribution in [1.29, 1.82) is 0 Å². The molecule has 1 saturated heterocycles. The molecule has 1 aliphatic heterocycles. The summed E-state index contributed by atoms with van der Waals surface area (Å²) in [4.78, 5) is 49.3. The Bertz CT molecular complexity index is 808. The molecule has 2 fully saturated rings. The van der Waals surface area contributed by atoms with E-state index in [9.17, 15) is 19.2 Å². The predicted molar refractivity (Wildman–Crippen MR) is 93.1 cm³/mol. The summed E-state index contributed by atoms with van der Waals surface area (Å²) >= 11 is 11.7. The summed E-state index contributed by atoms with van der Waals surface area (Å²) in [7, 11) is 0. The van der Waals surface area contributed by atoms with Crippen molar-refractivity contribution >= 4 is 46.9 Å². The van der Waals surface area contributed by atoms with Crippen molar-refractivity contribution in [3.05, 3.63) is 33.8 Å². The van der Waals surface area contributed by atoms with Crippen LogP contribution in [0.2, 0.25) is 10.0 Å². The normalized spacial score (nSPS) is 22.3. The molecule has 0 aromatic heterocycles. The number of esters is 1. The highest BCUT2D eigenvalue weighted by Gasteiger charge is 2.56. The smallest absolute Gasteiger partial charge is 0.326 e. The maximum Gasteiger partial charge on any atom is 0.326 e. The fraction of sp³-hybridized carbons (Fsp3) is 0.412. The molecule has 1 atom stereocenters. The Labute approximate surface area is 159 Å². The van der Waals surface area contributed by atoms with E-state index in [0.717, 1.165) is 17.7 Å². The van der Waals surface area contributed by atoms with Gasteiger partial charge in [-0.3, -0.25) is 19.3 Å². The summed E-state index contributed by atoms with van der Waals surface area (Å²) < 4.78 is 4.89. The van der Waals surface area contributed by atoms with Crippen LogP contribution in [-0.2, 0) is 14.3 Å². The van der Waals surface area contributed by atoms with E-state index >= 15 is 0 Å². The lowest BCUT2D eigenvalue weighted by Gasteiger charge is -2.20. The fourth-order valence-electron chi connectivity index (χ4n) is 2.91. The zero-order valence-corrected chi connectivity index (χ0v) is 15.4. The van der Waals surface area contributed by atoms with Crippen LogP contribution in [0.5, 0.6) is 0 Å². The lowest BCUT2D eigenvalue weighted by Crippen LogP contribution is -2.46. The third kappa shape index (κ3) is 3.54. The van der Waals surface area contributed by atoms with E-state index in [1.807, 2.05) is 0 Å². The monoisotopic (exact) mass is 398 g/mol. The van der Waals surface area contributed by atoms with Gasteiger partial charge in [0.25, 0.3) is 5.91 Å². The number of ether oxygens (including phenoxy) is 1. The van der Waals surface area contributed by atoms with Crippen molar-refractivity contribution in [3.63, 3.8) is 0 Å². The van der Waals surface area contributed by atoms with Crippen LogP contribution in [0.4, 0.5) is 4.79 Å². The summed E-state index contributed by atoms with van der Waals surface area (Å²) in [6.07, 6.45) is 1.72. The van der Waals surface area contributed by atoms with Crippen LogP contribution in [-0.4, -0.2) is 47.3 Å². The first-order chi connectivity index (χ1) is 12.2. The van der Waals surface area contributed by atoms with Gasteiger partial charge in [0, 0.05) is 10.6 Å². The molecule has 2 aliphatic rings. The minimum absolute atomic E-state index is 0.0913. The van der Waals surface area contributed by atoms with Gasteiger partial charge in [-0.1, -0.05) is 23.2 Å². The molecule has 3 rings (SSSR count). The molecule has 1 N–H and O–H groups in total. The minimum Gasteiger partial charge on any atom is -0.456 e. The number of halogens is 2. The van der Waals surface area contributed by atoms with Crippen LogP contribution in [0.3, 0.4) is 0 Å². The molecule has 1 aliphatic carbocycles. The number of carbonyl (C=O) groups excluding carboxylic acids is 4. The first kappa shape index (κ1) is 18.7. The number of hydrogen-bond donors (Lipinski definition) is 1. The van der Waals surface area contributed by atoms with Crippen LogP contribution in [0, 0.1) is 5.92 Å². The maximum atomic E-state index is 12.4. The molecule has 138 valence electrons. The molecule has 0 spiro atoms. The van der Waals surface area contributed by atoms with Crippen LogP contribution >= 0.6 is 23.2 Å². The number of Topliss-reactive ketones (excluding diaryl/α,β-unsaturated/α-hetero) is 1. The molecule has 0 bridgehead atoms. The lowest BCUT2D eigenvalue weighted by molar-refractivity contribution is -0.146. The number of benzene rings is 1. The number of urea groups is 1. The molecular weight excluding hydrogens is 383 g/mol. The Morgan fingerprint density at radius 2 is 2.00 bits per heavy atom. The third-order valence-electron chi connectivity index (χ3n) is 4.58. The van der Waals surface area contributed by atoms with E-state index in [-0.39, 0.29) is 16.5 Å². The molecular formula is C17H16Cl2N2O5. The van der Waals surface area contributed by atoms with Gasteiger partial charge in [-0.15, -0.1) is 0 Å². The zero-order chi connectivity index (χ0) is 19.1. The number of nitrogens with one attached hydrogen (secondary N) is 1. The van der Waals surface area contributed by atoms with Gasteiger partial charge in [0.15, 0.2) is 6.61 Å². The molecule has 26 heavy (non-hydrogen) atoms. The fourth-order valence-corrected chi connectivity index (χ4v) is 3.42. The highest BCUT2D eigenvalue weighted by molar-refractivity contribution is 6.36. The summed E-state index contributed by atoms with van der Waals surface area (Å²) in [6.45, 7) is 0.556. The number of amides is 3. The van der Waals surface area contributed by atoms with E-state index in [0.29, 0.717) is 5.02 Å². The van der Waals surface area contributed by atoms with E-state index in [1.54, 1.807) is 6.92 Å². The summed E-state index contributed by atoms with van der Waals surface area (Å²) in [5.74, 6) is -1.73. The summed E-state index contributed by atoms with van der Waals surface area (Å²) in [5.41, 5.74) is -0.801. The molecule has 1 heterocycles. The average Bonchev–Trinajstić information content (AvgIpc) is 3.39. The van der Waals surface area contributed by atoms with Crippen molar-refractivity contribution in [2.45, 2.75) is 25.3 Å². The standard InChI is InChI=1S/C17H16Cl2N2O5/c1-17(9-2-3-9)15(24)21(16(25)20-17)7-14(23)26-8-13(22)11-5-4-10(18)6-12(11)19/h4-6,9H,2-3,7-8H2,1H3,(H,20,25). The maximum absolute atomic E-state index is 12.4. The zero-order valence-electron chi connectivity index (χ0n) is 13.9. The molecule has 1 unspecified atom stereocenters. The quantitative estimate of drug-likeness (QED) is 0.451. The SMILES string of the molecule is CC1(C2CC2)NC(=O)N(CC(=O)OCC(=O)c2ccc(Cl)cc2Cl)C1=O. The summed E-state index contributed by atoms with van der Waals surface area (Å²) in [5, 5.41) is 3.16. The van der Waals surface area contributed by atoms with E-state index < -0.39 is 42.4 Å². The van der Waals surface area contributed by atoms with Crippen molar-refractivity contribution in [2.75, 3.05) is 13.2 Å². The molecule has 1 aromatic rings. The number of imide groups is 1. The number of nitrogens with zero attached hydrogens (tertiary/aromatic N) is 1. The third-order valence-corrected chi connectivity index (χ3v) is 5.13. The molecule has 0 radical (unpaired) electrons. The minimum atomic E-state index is -0.968. The van der Waals surface area contributed by atoms with Crippen molar-refractivity contribution < 1.29 is 23.9 Å². The first-order valence-electron chi connectivity index (χ1n) is 8.00. The predicted octanol–water partition coefficient (Wildman–Crippen LogP) is 2.44. The molecule has 1 saturated carbocycles. The Balaban J connectivity index is 1.56. The topological polar surface area (TPSA) is 92.8 Å². The Hall–Kier alpha value is -2.12. The highest BCUT2D eigenvalue weighted by atomic mass is 35.5. The Morgan fingerprint density at radius 3 is 2.62 bits per heavy atom. The van der Waals surface area contributed by atoms with Gasteiger partial charge in [0.2, 0.25) is 5.78 Å². The van der Waals surface area contributed by atoms with Gasteiger partial charge in [-0.2, -0.15) is 0 Å². The Kier molecular flexibility index (Phi) is 4.94. The van der Waals surface area contributed by atoms with Gasteiger partial charge in [-0.05, 0) is 43.9 Å². The first-order valence-corrected chi connectivity index (χ1v) is 8.76. The number of carbonyl (C=O) groups is 4. The van der Waals surface area contributed by atoms with Crippen LogP contribution in [0.25, 0.3) is 0 Å². The molecule has 1 aromatic carbocycles. The van der Waals surface area contributed by atoms with Crippen LogP contribution in [0.1, 0.15) is 30.1 Å². The molecule has 9 heteroatoms. The number of rotatable bonds is 6. The highest BCUT2D eigenvalue weighted by Crippen LogP contribution is 2.42. The number of hydrogen-bond acceptors (Lipinski definition) is 5. The van der Waals surface area contributed by atoms with Crippen molar-refractivity contribution in [1.82, 2.24) is 10.2 Å². The van der Waals surface area contributed by atoms with E-state index in [1.165, 1.54) is 18.2 Å². The van der Waals surface area contributed by atoms with E-state index in [2.05, 4.69) is 5.32 Å². The van der Waals surface area contributed by atoms with Crippen LogP contribution in [0.15, 0.2) is 18.2 Å². The van der Waals surface area contributed by atoms with Gasteiger partial charge >= 0.3 is 12.0 Å². The second kappa shape index (κ2) is 6.89.